The van der Waals surface area contributed by atoms with Gasteiger partial charge < -0.3 is 42.3 Å². The molecule has 226 valence electrons. The molecule has 0 fully saturated rings. The Balaban J connectivity index is 4.44. The Hall–Kier alpha value is -2.77. The molecule has 39 heavy (non-hydrogen) atoms. The first kappa shape index (κ1) is 36.2. The normalized spacial score (nSPS) is 13.1. The van der Waals surface area contributed by atoms with E-state index in [1.807, 2.05) is 0 Å². The number of aliphatic carboxylic acids is 1. The fourth-order valence-electron chi connectivity index (χ4n) is 3.79. The number of amides is 4. The summed E-state index contributed by atoms with van der Waals surface area (Å²) in [6, 6.07) is -4.19. The van der Waals surface area contributed by atoms with Crippen molar-refractivity contribution in [1.29, 1.82) is 0 Å². The van der Waals surface area contributed by atoms with E-state index in [1.165, 1.54) is 32.1 Å². The van der Waals surface area contributed by atoms with Crippen molar-refractivity contribution >= 4 is 29.6 Å². The highest BCUT2D eigenvalue weighted by Crippen LogP contribution is 2.10. The third-order valence-corrected chi connectivity index (χ3v) is 6.16. The standard InChI is InChI=1S/C26H49N5O8/c1-2-3-4-5-6-7-8-9-10-14-22(34)28-16-23(35)29-20(17-32)24(36)31-21(18-33)25(37)30-19(26(38)39)13-11-12-15-27/h19-21,32-33H,2-18,27H2,1H3,(H,28,34)(H,29,35)(H,30,37)(H,31,36)(H,38,39)/t19-,20-,21-/m0/s1. The van der Waals surface area contributed by atoms with Crippen LogP contribution in [-0.4, -0.2) is 89.3 Å². The number of carboxylic acids is 1. The van der Waals surface area contributed by atoms with E-state index in [2.05, 4.69) is 28.2 Å². The highest BCUT2D eigenvalue weighted by Gasteiger charge is 2.28. The SMILES string of the molecule is CCCCCCCCCCCC(=O)NCC(=O)N[C@@H](CO)C(=O)N[C@@H](CO)C(=O)N[C@@H](CCCCN)C(=O)O. The minimum Gasteiger partial charge on any atom is -0.480 e. The number of carboxylic acid groups (broad SMARTS) is 1. The van der Waals surface area contributed by atoms with Gasteiger partial charge in [-0.2, -0.15) is 0 Å². The lowest BCUT2D eigenvalue weighted by Gasteiger charge is -2.22. The number of hydrogen-bond acceptors (Lipinski definition) is 8. The van der Waals surface area contributed by atoms with Crippen molar-refractivity contribution in [2.24, 2.45) is 5.73 Å². The van der Waals surface area contributed by atoms with E-state index in [1.54, 1.807) is 0 Å². The lowest BCUT2D eigenvalue weighted by atomic mass is 10.1. The Labute approximate surface area is 231 Å². The highest BCUT2D eigenvalue weighted by molar-refractivity contribution is 5.94. The minimum absolute atomic E-state index is 0.116. The van der Waals surface area contributed by atoms with Crippen LogP contribution in [0, 0.1) is 0 Å². The second-order valence-corrected chi connectivity index (χ2v) is 9.59. The number of aliphatic hydroxyl groups is 2. The molecule has 0 aliphatic heterocycles. The van der Waals surface area contributed by atoms with Crippen molar-refractivity contribution in [3.05, 3.63) is 0 Å². The number of nitrogens with two attached hydrogens (primary N) is 1. The molecule has 0 heterocycles. The van der Waals surface area contributed by atoms with Crippen LogP contribution >= 0.6 is 0 Å². The Bertz CT molecular complexity index is 737. The van der Waals surface area contributed by atoms with Gasteiger partial charge in [0.1, 0.15) is 18.1 Å². The molecule has 0 spiro atoms. The van der Waals surface area contributed by atoms with Gasteiger partial charge in [0.25, 0.3) is 0 Å². The van der Waals surface area contributed by atoms with Crippen LogP contribution in [0.2, 0.25) is 0 Å². The van der Waals surface area contributed by atoms with E-state index in [4.69, 9.17) is 5.73 Å². The van der Waals surface area contributed by atoms with E-state index in [0.717, 1.165) is 19.3 Å². The number of nitrogens with one attached hydrogen (secondary N) is 4. The average molecular weight is 560 g/mol. The number of carbonyl (C=O) groups excluding carboxylic acids is 4. The van der Waals surface area contributed by atoms with Crippen molar-refractivity contribution in [2.45, 2.75) is 109 Å². The summed E-state index contributed by atoms with van der Waals surface area (Å²) in [4.78, 5) is 60.4. The van der Waals surface area contributed by atoms with E-state index >= 15 is 0 Å². The lowest BCUT2D eigenvalue weighted by molar-refractivity contribution is -0.142. The van der Waals surface area contributed by atoms with Gasteiger partial charge in [0.15, 0.2) is 0 Å². The van der Waals surface area contributed by atoms with Crippen LogP contribution in [-0.2, 0) is 24.0 Å². The number of unbranched alkanes of at least 4 members (excludes halogenated alkanes) is 9. The van der Waals surface area contributed by atoms with Crippen LogP contribution in [0.5, 0.6) is 0 Å². The molecule has 9 N–H and O–H groups in total. The van der Waals surface area contributed by atoms with Gasteiger partial charge in [0, 0.05) is 6.42 Å². The molecular weight excluding hydrogens is 510 g/mol. The first-order valence-corrected chi connectivity index (χ1v) is 14.0. The van der Waals surface area contributed by atoms with Crippen molar-refractivity contribution in [2.75, 3.05) is 26.3 Å². The first-order chi connectivity index (χ1) is 18.7. The van der Waals surface area contributed by atoms with Gasteiger partial charge in [0.2, 0.25) is 23.6 Å². The molecule has 0 saturated heterocycles. The van der Waals surface area contributed by atoms with Crippen molar-refractivity contribution in [3.8, 4) is 0 Å². The van der Waals surface area contributed by atoms with Crippen LogP contribution in [0.15, 0.2) is 0 Å². The fraction of sp³-hybridized carbons (Fsp3) is 0.808. The zero-order valence-corrected chi connectivity index (χ0v) is 23.2. The molecule has 0 aromatic rings. The summed E-state index contributed by atoms with van der Waals surface area (Å²) in [7, 11) is 0. The predicted octanol–water partition coefficient (Wildman–Crippen LogP) is -0.324. The second-order valence-electron chi connectivity index (χ2n) is 9.59. The Morgan fingerprint density at radius 1 is 0.667 bits per heavy atom. The molecule has 4 amide bonds. The molecule has 3 atom stereocenters. The summed E-state index contributed by atoms with van der Waals surface area (Å²) in [5, 5.41) is 37.5. The molecule has 0 aromatic carbocycles. The van der Waals surface area contributed by atoms with Crippen molar-refractivity contribution < 1.29 is 39.3 Å². The van der Waals surface area contributed by atoms with Crippen molar-refractivity contribution in [1.82, 2.24) is 21.3 Å². The lowest BCUT2D eigenvalue weighted by Crippen LogP contribution is -2.58. The largest absolute Gasteiger partial charge is 0.480 e. The molecule has 0 rings (SSSR count). The summed E-state index contributed by atoms with van der Waals surface area (Å²) in [6.07, 6.45) is 11.5. The second kappa shape index (κ2) is 23.1. The summed E-state index contributed by atoms with van der Waals surface area (Å²) < 4.78 is 0. The van der Waals surface area contributed by atoms with E-state index in [9.17, 15) is 39.3 Å². The van der Waals surface area contributed by atoms with Crippen LogP contribution in [0.1, 0.15) is 90.4 Å². The average Bonchev–Trinajstić information content (AvgIpc) is 2.91. The maximum Gasteiger partial charge on any atom is 0.326 e. The molecule has 0 aliphatic rings. The highest BCUT2D eigenvalue weighted by atomic mass is 16.4. The Morgan fingerprint density at radius 2 is 1.18 bits per heavy atom. The van der Waals surface area contributed by atoms with Gasteiger partial charge in [-0.3, -0.25) is 19.2 Å². The van der Waals surface area contributed by atoms with E-state index < -0.39 is 61.6 Å². The molecular formula is C26H49N5O8. The molecule has 0 radical (unpaired) electrons. The van der Waals surface area contributed by atoms with Gasteiger partial charge in [-0.05, 0) is 32.2 Å². The molecule has 13 heteroatoms. The number of rotatable bonds is 24. The summed E-state index contributed by atoms with van der Waals surface area (Å²) in [5.41, 5.74) is 5.39. The summed E-state index contributed by atoms with van der Waals surface area (Å²) in [5.74, 6) is -4.19. The molecule has 0 bridgehead atoms. The predicted molar refractivity (Wildman–Crippen MR) is 145 cm³/mol. The van der Waals surface area contributed by atoms with Crippen LogP contribution in [0.25, 0.3) is 0 Å². The third kappa shape index (κ3) is 18.2. The fourth-order valence-corrected chi connectivity index (χ4v) is 3.79. The summed E-state index contributed by atoms with van der Waals surface area (Å²) in [6.45, 7) is 0.509. The zero-order valence-electron chi connectivity index (χ0n) is 23.2. The number of carbonyl (C=O) groups is 5. The maximum absolute atomic E-state index is 12.5. The van der Waals surface area contributed by atoms with Gasteiger partial charge in [-0.25, -0.2) is 4.79 Å². The van der Waals surface area contributed by atoms with Crippen LogP contribution in [0.3, 0.4) is 0 Å². The first-order valence-electron chi connectivity index (χ1n) is 14.0. The van der Waals surface area contributed by atoms with Gasteiger partial charge in [-0.15, -0.1) is 0 Å². The Morgan fingerprint density at radius 3 is 1.69 bits per heavy atom. The Kier molecular flexibility index (Phi) is 21.5. The zero-order chi connectivity index (χ0) is 29.5. The van der Waals surface area contributed by atoms with Crippen LogP contribution in [0.4, 0.5) is 0 Å². The molecule has 13 nitrogen and oxygen atoms in total. The maximum atomic E-state index is 12.5. The molecule has 0 aromatic heterocycles. The molecule has 0 aliphatic carbocycles. The van der Waals surface area contributed by atoms with Gasteiger partial charge >= 0.3 is 5.97 Å². The molecule has 0 saturated carbocycles. The van der Waals surface area contributed by atoms with E-state index in [-0.39, 0.29) is 18.7 Å². The minimum atomic E-state index is -1.50. The van der Waals surface area contributed by atoms with Crippen LogP contribution < -0.4 is 27.0 Å². The summed E-state index contributed by atoms with van der Waals surface area (Å²) >= 11 is 0. The number of hydrogen-bond donors (Lipinski definition) is 8. The number of aliphatic hydroxyl groups excluding tert-OH is 2. The monoisotopic (exact) mass is 559 g/mol. The quantitative estimate of drug-likeness (QED) is 0.0725. The van der Waals surface area contributed by atoms with Crippen molar-refractivity contribution in [3.63, 3.8) is 0 Å². The van der Waals surface area contributed by atoms with Gasteiger partial charge in [0.05, 0.1) is 19.8 Å². The van der Waals surface area contributed by atoms with E-state index in [0.29, 0.717) is 25.8 Å². The van der Waals surface area contributed by atoms with Gasteiger partial charge in [-0.1, -0.05) is 58.3 Å². The third-order valence-electron chi connectivity index (χ3n) is 6.16. The smallest absolute Gasteiger partial charge is 0.326 e. The molecule has 0 unspecified atom stereocenters. The topological polar surface area (TPSA) is 220 Å².